The van der Waals surface area contributed by atoms with Crippen molar-refractivity contribution in [2.75, 3.05) is 24.5 Å². The van der Waals surface area contributed by atoms with E-state index in [9.17, 15) is 4.79 Å². The second-order valence-corrected chi connectivity index (χ2v) is 7.56. The van der Waals surface area contributed by atoms with Crippen molar-refractivity contribution >= 4 is 34.5 Å². The lowest BCUT2D eigenvalue weighted by Crippen LogP contribution is -2.36. The summed E-state index contributed by atoms with van der Waals surface area (Å²) >= 11 is 6.12. The first-order valence-corrected chi connectivity index (χ1v) is 8.69. The molecule has 0 aromatic carbocycles. The monoisotopic (exact) mass is 363 g/mol. The Labute approximate surface area is 151 Å². The van der Waals surface area contributed by atoms with Crippen LogP contribution in [0.1, 0.15) is 27.2 Å². The minimum Gasteiger partial charge on any atom is -0.444 e. The van der Waals surface area contributed by atoms with Gasteiger partial charge in [0.1, 0.15) is 16.3 Å². The van der Waals surface area contributed by atoms with E-state index in [0.717, 1.165) is 36.4 Å². The highest BCUT2D eigenvalue weighted by molar-refractivity contribution is 6.30. The van der Waals surface area contributed by atoms with E-state index in [-0.39, 0.29) is 6.09 Å². The third-order valence-electron chi connectivity index (χ3n) is 3.93. The van der Waals surface area contributed by atoms with Crippen LogP contribution in [0, 0.1) is 5.92 Å². The fourth-order valence-electron chi connectivity index (χ4n) is 2.88. The fraction of sp³-hybridized carbons (Fsp3) is 0.529. The topological polar surface area (TPSA) is 80.2 Å². The predicted molar refractivity (Wildman–Crippen MR) is 96.9 cm³/mol. The molecule has 134 valence electrons. The van der Waals surface area contributed by atoms with Gasteiger partial charge in [-0.1, -0.05) is 11.6 Å². The van der Waals surface area contributed by atoms with Gasteiger partial charge < -0.3 is 15.0 Å². The van der Waals surface area contributed by atoms with E-state index in [4.69, 9.17) is 16.3 Å². The number of hydrogen-bond acceptors (Lipinski definition) is 6. The molecule has 1 saturated heterocycles. The number of amides is 1. The molecule has 2 aromatic heterocycles. The molecule has 1 atom stereocenters. The van der Waals surface area contributed by atoms with Crippen LogP contribution in [-0.4, -0.2) is 46.3 Å². The van der Waals surface area contributed by atoms with Crippen molar-refractivity contribution in [3.05, 3.63) is 23.6 Å². The average molecular weight is 364 g/mol. The van der Waals surface area contributed by atoms with Crippen molar-refractivity contribution in [2.24, 2.45) is 5.92 Å². The maximum absolute atomic E-state index is 11.8. The van der Waals surface area contributed by atoms with Crippen molar-refractivity contribution in [3.63, 3.8) is 0 Å². The first-order valence-electron chi connectivity index (χ1n) is 8.31. The molecule has 0 radical (unpaired) electrons. The van der Waals surface area contributed by atoms with Crippen LogP contribution < -0.4 is 10.2 Å². The van der Waals surface area contributed by atoms with E-state index in [0.29, 0.717) is 17.6 Å². The van der Waals surface area contributed by atoms with E-state index in [2.05, 4.69) is 25.2 Å². The van der Waals surface area contributed by atoms with Gasteiger partial charge in [0.15, 0.2) is 5.82 Å². The van der Waals surface area contributed by atoms with Crippen molar-refractivity contribution in [1.29, 1.82) is 0 Å². The van der Waals surface area contributed by atoms with E-state index in [1.165, 1.54) is 0 Å². The van der Waals surface area contributed by atoms with E-state index in [1.54, 1.807) is 18.5 Å². The van der Waals surface area contributed by atoms with Gasteiger partial charge in [-0.05, 0) is 33.1 Å². The zero-order valence-corrected chi connectivity index (χ0v) is 15.4. The number of carbonyl (C=O) groups is 1. The number of fused-ring (bicyclic) bond motifs is 1. The lowest BCUT2D eigenvalue weighted by molar-refractivity contribution is 0.0520. The normalized spacial score (nSPS) is 17.8. The molecule has 3 rings (SSSR count). The largest absolute Gasteiger partial charge is 0.444 e. The van der Waals surface area contributed by atoms with E-state index in [1.807, 2.05) is 20.8 Å². The molecular weight excluding hydrogens is 342 g/mol. The maximum atomic E-state index is 11.8. The van der Waals surface area contributed by atoms with Gasteiger partial charge in [0.2, 0.25) is 0 Å². The number of ether oxygens (including phenoxy) is 1. The number of rotatable bonds is 3. The molecule has 1 fully saturated rings. The number of nitrogens with zero attached hydrogens (tertiary/aromatic N) is 4. The lowest BCUT2D eigenvalue weighted by Gasteiger charge is -2.21. The first-order chi connectivity index (χ1) is 11.8. The molecule has 3 heterocycles. The molecule has 7 nitrogen and oxygen atoms in total. The number of carbonyl (C=O) groups excluding carboxylic acids is 1. The van der Waals surface area contributed by atoms with Crippen LogP contribution in [0.3, 0.4) is 0 Å². The molecule has 1 aliphatic rings. The van der Waals surface area contributed by atoms with Gasteiger partial charge in [-0.2, -0.15) is 0 Å². The Morgan fingerprint density at radius 3 is 2.92 bits per heavy atom. The SMILES string of the molecule is CC(C)(C)OC(=O)NCC1CCN(c2nc(Cl)cc3nccnc23)C1. The molecule has 1 amide bonds. The van der Waals surface area contributed by atoms with Gasteiger partial charge in [0.05, 0.1) is 5.52 Å². The number of aromatic nitrogens is 3. The zero-order valence-electron chi connectivity index (χ0n) is 14.6. The Morgan fingerprint density at radius 1 is 1.40 bits per heavy atom. The average Bonchev–Trinajstić information content (AvgIpc) is 2.99. The van der Waals surface area contributed by atoms with E-state index >= 15 is 0 Å². The number of halogens is 1. The Kier molecular flexibility index (Phi) is 4.94. The summed E-state index contributed by atoms with van der Waals surface area (Å²) in [5, 5.41) is 3.24. The lowest BCUT2D eigenvalue weighted by atomic mass is 10.1. The van der Waals surface area contributed by atoms with Gasteiger partial charge in [-0.3, -0.25) is 4.98 Å². The van der Waals surface area contributed by atoms with Crippen molar-refractivity contribution in [2.45, 2.75) is 32.8 Å². The van der Waals surface area contributed by atoms with Crippen LogP contribution >= 0.6 is 11.6 Å². The molecule has 2 aromatic rings. The summed E-state index contributed by atoms with van der Waals surface area (Å²) in [5.74, 6) is 1.07. The standard InChI is InChI=1S/C17H22ClN5O2/c1-17(2,3)25-16(24)21-9-11-4-7-23(10-11)15-14-12(8-13(18)22-15)19-5-6-20-14/h5-6,8,11H,4,7,9-10H2,1-3H3,(H,21,24). The molecule has 0 aliphatic carbocycles. The molecule has 0 saturated carbocycles. The third kappa shape index (κ3) is 4.48. The van der Waals surface area contributed by atoms with Crippen molar-refractivity contribution in [3.8, 4) is 0 Å². The number of hydrogen-bond donors (Lipinski definition) is 1. The van der Waals surface area contributed by atoms with E-state index < -0.39 is 5.60 Å². The molecule has 0 spiro atoms. The predicted octanol–water partition coefficient (Wildman–Crippen LogP) is 3.03. The minimum absolute atomic E-state index is 0.319. The van der Waals surface area contributed by atoms with Gasteiger partial charge in [-0.25, -0.2) is 14.8 Å². The van der Waals surface area contributed by atoms with Crippen LogP contribution in [0.25, 0.3) is 11.0 Å². The molecule has 0 bridgehead atoms. The van der Waals surface area contributed by atoms with Gasteiger partial charge >= 0.3 is 6.09 Å². The summed E-state index contributed by atoms with van der Waals surface area (Å²) in [4.78, 5) is 27.1. The molecule has 1 unspecified atom stereocenters. The van der Waals surface area contributed by atoms with Crippen LogP contribution in [0.5, 0.6) is 0 Å². The highest BCUT2D eigenvalue weighted by Gasteiger charge is 2.26. The first kappa shape index (κ1) is 17.7. The van der Waals surface area contributed by atoms with Crippen LogP contribution in [0.15, 0.2) is 18.5 Å². The molecular formula is C17H22ClN5O2. The second kappa shape index (κ2) is 7.00. The van der Waals surface area contributed by atoms with Gasteiger partial charge in [-0.15, -0.1) is 0 Å². The Morgan fingerprint density at radius 2 is 2.16 bits per heavy atom. The Hall–Kier alpha value is -2.15. The Bertz CT molecular complexity index is 777. The van der Waals surface area contributed by atoms with Crippen LogP contribution in [0.2, 0.25) is 5.15 Å². The smallest absolute Gasteiger partial charge is 0.407 e. The maximum Gasteiger partial charge on any atom is 0.407 e. The molecule has 1 N–H and O–H groups in total. The highest BCUT2D eigenvalue weighted by Crippen LogP contribution is 2.28. The van der Waals surface area contributed by atoms with Crippen molar-refractivity contribution < 1.29 is 9.53 Å². The molecule has 25 heavy (non-hydrogen) atoms. The van der Waals surface area contributed by atoms with Crippen LogP contribution in [-0.2, 0) is 4.74 Å². The second-order valence-electron chi connectivity index (χ2n) is 7.18. The quantitative estimate of drug-likeness (QED) is 0.844. The summed E-state index contributed by atoms with van der Waals surface area (Å²) in [6, 6.07) is 1.71. The zero-order chi connectivity index (χ0) is 18.0. The minimum atomic E-state index is -0.492. The molecule has 1 aliphatic heterocycles. The Balaban J connectivity index is 1.65. The summed E-state index contributed by atoms with van der Waals surface area (Å²) in [5.41, 5.74) is 0.981. The summed E-state index contributed by atoms with van der Waals surface area (Å²) in [7, 11) is 0. The fourth-order valence-corrected chi connectivity index (χ4v) is 3.06. The number of pyridine rings is 1. The summed E-state index contributed by atoms with van der Waals surface area (Å²) in [6.45, 7) is 7.71. The van der Waals surface area contributed by atoms with Gasteiger partial charge in [0, 0.05) is 38.1 Å². The van der Waals surface area contributed by atoms with Gasteiger partial charge in [0.25, 0.3) is 0 Å². The summed E-state index contributed by atoms with van der Waals surface area (Å²) < 4.78 is 5.27. The number of anilines is 1. The third-order valence-corrected chi connectivity index (χ3v) is 4.12. The number of nitrogens with one attached hydrogen (secondary N) is 1. The van der Waals surface area contributed by atoms with Crippen LogP contribution in [0.4, 0.5) is 10.6 Å². The van der Waals surface area contributed by atoms with Crippen molar-refractivity contribution in [1.82, 2.24) is 20.3 Å². The highest BCUT2D eigenvalue weighted by atomic mass is 35.5. The number of alkyl carbamates (subject to hydrolysis) is 1. The summed E-state index contributed by atoms with van der Waals surface area (Å²) in [6.07, 6.45) is 3.85. The molecule has 8 heteroatoms.